The van der Waals surface area contributed by atoms with E-state index < -0.39 is 35.8 Å². The molecule has 9 nitrogen and oxygen atoms in total. The van der Waals surface area contributed by atoms with Gasteiger partial charge in [0.05, 0.1) is 0 Å². The van der Waals surface area contributed by atoms with Gasteiger partial charge in [-0.1, -0.05) is 37.3 Å². The molecule has 174 valence electrons. The average molecular weight is 445 g/mol. The third kappa shape index (κ3) is 5.72. The smallest absolute Gasteiger partial charge is 0.334 e. The molecule has 1 aliphatic heterocycles. The highest BCUT2D eigenvalue weighted by atomic mass is 16.4. The standard InChI is InChI=1S/C23H32N4O5/c1-6-12-26-20(28)18(19(24-14(2)3)25-15(4)5)21(29)27(23(26)32)17(22(30)31)13-16-10-8-7-9-11-16/h7-11,14-15,17-18H,6,12-13H2,1-5H3,(H,24,25)(H,30,31). The predicted molar refractivity (Wildman–Crippen MR) is 120 cm³/mol. The molecule has 9 heteroatoms. The second-order valence-corrected chi connectivity index (χ2v) is 8.36. The highest BCUT2D eigenvalue weighted by molar-refractivity contribution is 6.27. The van der Waals surface area contributed by atoms with Crippen LogP contribution in [-0.4, -0.2) is 69.2 Å². The van der Waals surface area contributed by atoms with Crippen molar-refractivity contribution in [3.63, 3.8) is 0 Å². The number of benzene rings is 1. The van der Waals surface area contributed by atoms with Crippen molar-refractivity contribution >= 4 is 29.7 Å². The Balaban J connectivity index is 2.57. The molecule has 2 unspecified atom stereocenters. The fourth-order valence-electron chi connectivity index (χ4n) is 3.56. The maximum Gasteiger partial charge on any atom is 0.334 e. The number of hydrogen-bond acceptors (Lipinski definition) is 5. The molecule has 2 rings (SSSR count). The van der Waals surface area contributed by atoms with E-state index in [2.05, 4.69) is 10.3 Å². The zero-order chi connectivity index (χ0) is 24.0. The minimum absolute atomic E-state index is 0.0667. The molecule has 0 spiro atoms. The molecule has 4 amide bonds. The minimum atomic E-state index is -1.45. The summed E-state index contributed by atoms with van der Waals surface area (Å²) in [7, 11) is 0. The number of aliphatic carboxylic acids is 1. The molecule has 1 aliphatic rings. The van der Waals surface area contributed by atoms with Crippen molar-refractivity contribution in [3.05, 3.63) is 35.9 Å². The first kappa shape index (κ1) is 25.0. The first-order valence-electron chi connectivity index (χ1n) is 10.9. The van der Waals surface area contributed by atoms with Gasteiger partial charge in [0.2, 0.25) is 0 Å². The van der Waals surface area contributed by atoms with Gasteiger partial charge in [0.15, 0.2) is 5.92 Å². The van der Waals surface area contributed by atoms with Gasteiger partial charge in [-0.3, -0.25) is 19.5 Å². The van der Waals surface area contributed by atoms with Crippen LogP contribution < -0.4 is 5.32 Å². The summed E-state index contributed by atoms with van der Waals surface area (Å²) in [6, 6.07) is 6.05. The predicted octanol–water partition coefficient (Wildman–Crippen LogP) is 2.30. The zero-order valence-corrected chi connectivity index (χ0v) is 19.2. The fourth-order valence-corrected chi connectivity index (χ4v) is 3.56. The normalized spacial score (nSPS) is 18.5. The van der Waals surface area contributed by atoms with E-state index in [9.17, 15) is 24.3 Å². The van der Waals surface area contributed by atoms with Gasteiger partial charge in [-0.2, -0.15) is 0 Å². The number of imide groups is 2. The molecule has 1 aromatic rings. The molecule has 32 heavy (non-hydrogen) atoms. The van der Waals surface area contributed by atoms with Gasteiger partial charge in [-0.15, -0.1) is 0 Å². The van der Waals surface area contributed by atoms with Gasteiger partial charge >= 0.3 is 12.0 Å². The summed E-state index contributed by atoms with van der Waals surface area (Å²) in [6.45, 7) is 9.17. The van der Waals surface area contributed by atoms with Crippen molar-refractivity contribution in [1.82, 2.24) is 15.1 Å². The Hall–Kier alpha value is -3.23. The molecule has 0 saturated carbocycles. The number of carbonyl (C=O) groups excluding carboxylic acids is 3. The molecule has 1 heterocycles. The molecular formula is C23H32N4O5. The Labute approximate surface area is 188 Å². The Morgan fingerprint density at radius 3 is 2.22 bits per heavy atom. The van der Waals surface area contributed by atoms with Crippen molar-refractivity contribution < 1.29 is 24.3 Å². The van der Waals surface area contributed by atoms with Crippen LogP contribution in [-0.2, 0) is 20.8 Å². The maximum absolute atomic E-state index is 13.5. The van der Waals surface area contributed by atoms with E-state index in [0.29, 0.717) is 12.0 Å². The van der Waals surface area contributed by atoms with Crippen LogP contribution in [0.3, 0.4) is 0 Å². The zero-order valence-electron chi connectivity index (χ0n) is 19.2. The number of nitrogens with zero attached hydrogens (tertiary/aromatic N) is 3. The van der Waals surface area contributed by atoms with Crippen LogP contribution in [0.4, 0.5) is 4.79 Å². The monoisotopic (exact) mass is 444 g/mol. The van der Waals surface area contributed by atoms with Crippen LogP contribution in [0.5, 0.6) is 0 Å². The second-order valence-electron chi connectivity index (χ2n) is 8.36. The Morgan fingerprint density at radius 2 is 1.72 bits per heavy atom. The molecular weight excluding hydrogens is 412 g/mol. The van der Waals surface area contributed by atoms with E-state index in [4.69, 9.17) is 0 Å². The number of hydrogen-bond donors (Lipinski definition) is 2. The van der Waals surface area contributed by atoms with Crippen molar-refractivity contribution in [1.29, 1.82) is 0 Å². The van der Waals surface area contributed by atoms with E-state index in [0.717, 1.165) is 9.80 Å². The Morgan fingerprint density at radius 1 is 1.09 bits per heavy atom. The number of carbonyl (C=O) groups is 4. The minimum Gasteiger partial charge on any atom is -0.480 e. The molecule has 0 radical (unpaired) electrons. The van der Waals surface area contributed by atoms with Gasteiger partial charge < -0.3 is 10.4 Å². The SMILES string of the molecule is CCCN1C(=O)C(C(=NC(C)C)NC(C)C)C(=O)N(C(Cc2ccccc2)C(=O)O)C1=O. The largest absolute Gasteiger partial charge is 0.480 e. The van der Waals surface area contributed by atoms with Crippen molar-refractivity contribution in [2.24, 2.45) is 10.9 Å². The number of barbiturate groups is 1. The summed E-state index contributed by atoms with van der Waals surface area (Å²) in [5.74, 6) is -4.13. The number of rotatable bonds is 9. The van der Waals surface area contributed by atoms with Crippen LogP contribution in [0.1, 0.15) is 46.6 Å². The van der Waals surface area contributed by atoms with Crippen LogP contribution in [0.2, 0.25) is 0 Å². The first-order valence-corrected chi connectivity index (χ1v) is 10.9. The first-order chi connectivity index (χ1) is 15.1. The highest BCUT2D eigenvalue weighted by Crippen LogP contribution is 2.24. The van der Waals surface area contributed by atoms with Crippen LogP contribution in [0, 0.1) is 5.92 Å². The van der Waals surface area contributed by atoms with Crippen LogP contribution >= 0.6 is 0 Å². The topological polar surface area (TPSA) is 119 Å². The molecule has 1 saturated heterocycles. The lowest BCUT2D eigenvalue weighted by Crippen LogP contribution is -2.66. The van der Waals surface area contributed by atoms with Crippen molar-refractivity contribution in [3.8, 4) is 0 Å². The number of nitrogens with one attached hydrogen (secondary N) is 1. The number of aliphatic imine (C=N–C) groups is 1. The Kier molecular flexibility index (Phi) is 8.51. The molecule has 1 aromatic carbocycles. The summed E-state index contributed by atoms with van der Waals surface area (Å²) in [5, 5.41) is 13.0. The van der Waals surface area contributed by atoms with Gasteiger partial charge in [0, 0.05) is 25.0 Å². The quantitative estimate of drug-likeness (QED) is 0.343. The van der Waals surface area contributed by atoms with Gasteiger partial charge in [-0.25, -0.2) is 14.5 Å². The third-order valence-corrected chi connectivity index (χ3v) is 4.86. The summed E-state index contributed by atoms with van der Waals surface area (Å²) in [6.07, 6.45) is 0.402. The van der Waals surface area contributed by atoms with E-state index in [1.54, 1.807) is 37.3 Å². The molecule has 0 aromatic heterocycles. The molecule has 1 fully saturated rings. The number of carboxylic acid groups (broad SMARTS) is 1. The molecule has 0 aliphatic carbocycles. The summed E-state index contributed by atoms with van der Waals surface area (Å²) in [4.78, 5) is 58.2. The Bertz CT molecular complexity index is 882. The summed E-state index contributed by atoms with van der Waals surface area (Å²) in [5.41, 5.74) is 0.660. The molecule has 0 bridgehead atoms. The van der Waals surface area contributed by atoms with Crippen molar-refractivity contribution in [2.45, 2.75) is 65.6 Å². The van der Waals surface area contributed by atoms with E-state index >= 15 is 0 Å². The number of amidine groups is 1. The maximum atomic E-state index is 13.5. The van der Waals surface area contributed by atoms with E-state index in [-0.39, 0.29) is 30.9 Å². The fraction of sp³-hybridized carbons (Fsp3) is 0.522. The highest BCUT2D eigenvalue weighted by Gasteiger charge is 2.51. The van der Waals surface area contributed by atoms with Gasteiger partial charge in [-0.05, 0) is 39.7 Å². The summed E-state index contributed by atoms with van der Waals surface area (Å²) >= 11 is 0. The summed E-state index contributed by atoms with van der Waals surface area (Å²) < 4.78 is 0. The number of urea groups is 1. The lowest BCUT2D eigenvalue weighted by Gasteiger charge is -2.40. The molecule has 2 atom stereocenters. The number of amides is 4. The van der Waals surface area contributed by atoms with E-state index in [1.165, 1.54) is 0 Å². The third-order valence-electron chi connectivity index (χ3n) is 4.86. The molecule has 2 N–H and O–H groups in total. The second kappa shape index (κ2) is 10.9. The lowest BCUT2D eigenvalue weighted by atomic mass is 9.97. The van der Waals surface area contributed by atoms with Crippen LogP contribution in [0.25, 0.3) is 0 Å². The van der Waals surface area contributed by atoms with E-state index in [1.807, 2.05) is 27.7 Å². The van der Waals surface area contributed by atoms with Crippen LogP contribution in [0.15, 0.2) is 35.3 Å². The lowest BCUT2D eigenvalue weighted by molar-refractivity contribution is -0.155. The van der Waals surface area contributed by atoms with Gasteiger partial charge in [0.1, 0.15) is 11.9 Å². The average Bonchev–Trinajstić information content (AvgIpc) is 2.70. The van der Waals surface area contributed by atoms with Gasteiger partial charge in [0.25, 0.3) is 11.8 Å². The number of carboxylic acids is 1. The van der Waals surface area contributed by atoms with Crippen molar-refractivity contribution in [2.75, 3.05) is 6.54 Å².